The van der Waals surface area contributed by atoms with Gasteiger partial charge in [-0.05, 0) is 109 Å². The third-order valence-corrected chi connectivity index (χ3v) is 11.9. The maximum absolute atomic E-state index is 13.9. The molecule has 0 atom stereocenters. The van der Waals surface area contributed by atoms with Crippen LogP contribution in [0.15, 0.2) is 87.8 Å². The van der Waals surface area contributed by atoms with Gasteiger partial charge in [0.1, 0.15) is 7.94 Å². The number of hydrogen-bond acceptors (Lipinski definition) is 16. The van der Waals surface area contributed by atoms with Gasteiger partial charge in [0.25, 0.3) is 0 Å². The highest BCUT2D eigenvalue weighted by Crippen LogP contribution is 2.62. The van der Waals surface area contributed by atoms with Crippen LogP contribution in [0.3, 0.4) is 0 Å². The van der Waals surface area contributed by atoms with Crippen LogP contribution in [0.1, 0.15) is 52.6 Å². The van der Waals surface area contributed by atoms with Crippen molar-refractivity contribution in [2.75, 3.05) is 39.3 Å². The Morgan fingerprint density at radius 2 is 0.754 bits per heavy atom. The number of aryl methyl sites for hydroxylation is 3. The van der Waals surface area contributed by atoms with Gasteiger partial charge in [-0.1, -0.05) is 44.3 Å². The van der Waals surface area contributed by atoms with E-state index < -0.39 is 75.2 Å². The number of nitrogens with zero attached hydrogens (tertiary/aromatic N) is 4. The largest absolute Gasteiger partial charge is 0.862 e. The number of alkyl halides is 6. The Labute approximate surface area is 347 Å². The molecule has 25 heteroatoms. The molecule has 61 heavy (non-hydrogen) atoms. The minimum atomic E-state index is -6.26. The predicted molar refractivity (Wildman–Crippen MR) is 197 cm³/mol. The zero-order chi connectivity index (χ0) is 45.9. The van der Waals surface area contributed by atoms with Crippen molar-refractivity contribution in [2.45, 2.75) is 55.5 Å². The third-order valence-electron chi connectivity index (χ3n) is 8.96. The first-order valence-corrected chi connectivity index (χ1v) is 22.7. The fourth-order valence-corrected chi connectivity index (χ4v) is 6.81. The molecule has 16 nitrogen and oxygen atoms in total. The molecule has 0 aromatic heterocycles. The Bertz CT molecular complexity index is 1720. The summed E-state index contributed by atoms with van der Waals surface area (Å²) in [4.78, 5) is 106. The van der Waals surface area contributed by atoms with Gasteiger partial charge in [-0.15, -0.1) is 0 Å². The molecule has 0 aliphatic carbocycles. The topological polar surface area (TPSA) is 309 Å². The standard InChI is InChI=1S/C36H45F6N4O12P3/c37-34(38,59(50,51)52)28-10-1-25(2-11-28)7-16-31(47)43-19-22-46(23-20-44-32(48)17-8-26-3-12-29(13-4-26)35(39,40)60(53,54)55)24-21-45-33(49)18-9-27-5-14-30(15-6-27)36(41,42)61(56,57)58/h1-6,10-15H,7-9,16-24H2,(H,43,47)(H,44,48)(H,45,49)(H2,50,51,52)(H2,53,54,55)(H2,56,57,58)/p-6. The minimum absolute atomic E-state index is 0.0395. The second-order valence-corrected chi connectivity index (χ2v) is 18.3. The van der Waals surface area contributed by atoms with Crippen LogP contribution >= 0.6 is 23.8 Å². The molecule has 0 amide bonds. The molecule has 0 saturated carbocycles. The third kappa shape index (κ3) is 15.4. The average Bonchev–Trinajstić information content (AvgIpc) is 3.17. The molecule has 0 spiro atoms. The SMILES string of the molecule is [O-]C(CCc1ccc(C(F)(F)[P+]([O-])([O-])[O-])cc1)=NCCN(CCN=C([O-])CCc1ccc(C(F)(F)[P+]([O-])([O-])O)cc1)CCN=C([O-])CCc1ccc(C(F)(F)[P+]([O-])(O)O)cc1. The van der Waals surface area contributed by atoms with E-state index in [0.717, 1.165) is 48.5 Å². The smallest absolute Gasteiger partial charge is 0.428 e. The summed E-state index contributed by atoms with van der Waals surface area (Å²) in [5.74, 6) is -1.71. The van der Waals surface area contributed by atoms with Gasteiger partial charge in [0.05, 0.1) is 36.3 Å². The molecule has 0 saturated heterocycles. The highest BCUT2D eigenvalue weighted by molar-refractivity contribution is 7.58. The van der Waals surface area contributed by atoms with E-state index in [2.05, 4.69) is 15.0 Å². The van der Waals surface area contributed by atoms with E-state index in [-0.39, 0.29) is 77.8 Å². The molecule has 338 valence electrons. The maximum Gasteiger partial charge on any atom is 0.428 e. The van der Waals surface area contributed by atoms with Gasteiger partial charge in [0.2, 0.25) is 0 Å². The Kier molecular flexibility index (Phi) is 18.5. The van der Waals surface area contributed by atoms with Crippen LogP contribution in [-0.4, -0.2) is 76.5 Å². The Morgan fingerprint density at radius 3 is 1.02 bits per heavy atom. The molecule has 0 bridgehead atoms. The van der Waals surface area contributed by atoms with Crippen LogP contribution in [0, 0.1) is 0 Å². The van der Waals surface area contributed by atoms with Crippen LogP contribution in [-0.2, 0) is 36.3 Å². The normalized spacial score (nSPS) is 14.3. The molecular formula is C36H39F6N4O12P3-6. The van der Waals surface area contributed by atoms with Crippen LogP contribution in [0.25, 0.3) is 0 Å². The molecule has 3 aromatic carbocycles. The first-order chi connectivity index (χ1) is 28.1. The molecule has 3 N–H and O–H groups in total. The second-order valence-electron chi connectivity index (χ2n) is 13.4. The van der Waals surface area contributed by atoms with Crippen LogP contribution in [0.5, 0.6) is 0 Å². The monoisotopic (exact) mass is 926 g/mol. The van der Waals surface area contributed by atoms with Gasteiger partial charge in [0, 0.05) is 19.6 Å². The van der Waals surface area contributed by atoms with E-state index in [1.807, 2.05) is 0 Å². The van der Waals surface area contributed by atoms with Crippen molar-refractivity contribution in [3.8, 4) is 0 Å². The van der Waals surface area contributed by atoms with Gasteiger partial charge in [0.15, 0.2) is 0 Å². The summed E-state index contributed by atoms with van der Waals surface area (Å²) in [7, 11) is -18.0. The first kappa shape index (κ1) is 51.9. The summed E-state index contributed by atoms with van der Waals surface area (Å²) in [6.45, 7) is 0.134. The van der Waals surface area contributed by atoms with Crippen molar-refractivity contribution in [3.63, 3.8) is 0 Å². The van der Waals surface area contributed by atoms with E-state index >= 15 is 0 Å². The van der Waals surface area contributed by atoms with Gasteiger partial charge >= 0.3 is 24.9 Å². The summed E-state index contributed by atoms with van der Waals surface area (Å²) >= 11 is 0. The summed E-state index contributed by atoms with van der Waals surface area (Å²) in [5.41, 5.74) is -15.2. The molecule has 0 aliphatic heterocycles. The van der Waals surface area contributed by atoms with E-state index in [0.29, 0.717) is 16.7 Å². The van der Waals surface area contributed by atoms with Crippen LogP contribution in [0.2, 0.25) is 0 Å². The quantitative estimate of drug-likeness (QED) is 0.0381. The Balaban J connectivity index is 1.59. The first-order valence-electron chi connectivity index (χ1n) is 18.0. The summed E-state index contributed by atoms with van der Waals surface area (Å²) in [6.07, 6.45) is -0.296. The second kappa shape index (κ2) is 21.8. The molecule has 0 heterocycles. The molecule has 3 rings (SSSR count). The number of rotatable bonds is 24. The van der Waals surface area contributed by atoms with Gasteiger partial charge in [-0.25, -0.2) is 9.79 Å². The summed E-state index contributed by atoms with van der Waals surface area (Å²) in [6, 6.07) is 11.8. The lowest BCUT2D eigenvalue weighted by molar-refractivity contribution is -0.447. The highest BCUT2D eigenvalue weighted by Gasteiger charge is 2.55. The van der Waals surface area contributed by atoms with Crippen molar-refractivity contribution in [3.05, 3.63) is 106 Å². The average molecular weight is 927 g/mol. The van der Waals surface area contributed by atoms with E-state index in [1.54, 1.807) is 4.90 Å². The fraction of sp³-hybridized carbons (Fsp3) is 0.417. The predicted octanol–water partition coefficient (Wildman–Crippen LogP) is -1.96. The molecule has 3 aromatic rings. The Morgan fingerprint density at radius 1 is 0.475 bits per heavy atom. The van der Waals surface area contributed by atoms with Crippen LogP contribution < -0.4 is 44.7 Å². The molecule has 0 unspecified atom stereocenters. The number of hydrogen-bond donors (Lipinski definition) is 3. The highest BCUT2D eigenvalue weighted by atomic mass is 31.2. The number of benzene rings is 3. The minimum Gasteiger partial charge on any atom is -0.862 e. The van der Waals surface area contributed by atoms with Gasteiger partial charge in [-0.2, -0.15) is 26.3 Å². The number of halogens is 6. The molecule has 0 radical (unpaired) electrons. The van der Waals surface area contributed by atoms with Gasteiger partial charge in [-0.3, -0.25) is 9.79 Å². The Hall–Kier alpha value is -3.46. The lowest BCUT2D eigenvalue weighted by Crippen LogP contribution is -2.43. The molecular weight excluding hydrogens is 887 g/mol. The van der Waals surface area contributed by atoms with Crippen LogP contribution in [0.4, 0.5) is 26.3 Å². The van der Waals surface area contributed by atoms with Crippen molar-refractivity contribution in [1.29, 1.82) is 0 Å². The zero-order valence-electron chi connectivity index (χ0n) is 31.8. The van der Waals surface area contributed by atoms with Gasteiger partial charge < -0.3 is 59.7 Å². The lowest BCUT2D eigenvalue weighted by atomic mass is 10.1. The lowest BCUT2D eigenvalue weighted by Gasteiger charge is -2.46. The van der Waals surface area contributed by atoms with Crippen molar-refractivity contribution < 1.29 is 85.7 Å². The fourth-order valence-electron chi connectivity index (χ4n) is 5.38. The summed E-state index contributed by atoms with van der Waals surface area (Å²) in [5, 5.41) is 37.4. The maximum atomic E-state index is 13.9. The molecule has 0 fully saturated rings. The van der Waals surface area contributed by atoms with Crippen molar-refractivity contribution in [2.24, 2.45) is 15.0 Å². The van der Waals surface area contributed by atoms with E-state index in [1.165, 1.54) is 24.3 Å². The molecule has 0 aliphatic rings. The summed E-state index contributed by atoms with van der Waals surface area (Å²) < 4.78 is 83.2. The van der Waals surface area contributed by atoms with Crippen molar-refractivity contribution in [1.82, 2.24) is 4.90 Å². The van der Waals surface area contributed by atoms with Crippen molar-refractivity contribution >= 4 is 41.5 Å². The van der Waals surface area contributed by atoms with E-state index in [4.69, 9.17) is 14.7 Å². The zero-order valence-corrected chi connectivity index (χ0v) is 34.5. The van der Waals surface area contributed by atoms with E-state index in [9.17, 15) is 71.0 Å². The number of aliphatic imine (C=N–C) groups is 3.